The quantitative estimate of drug-likeness (QED) is 0.546. The SMILES string of the molecule is CN[C@H]1C[C@H](n2c(=O)n(C3COC3)c3ccc(N4CCN(c5ccc(C(C)=O)cc5)CC4)nc32)C1. The topological polar surface area (TPSA) is 84.6 Å². The Labute approximate surface area is 204 Å². The van der Waals surface area contributed by atoms with Gasteiger partial charge < -0.3 is 19.9 Å². The Kier molecular flexibility index (Phi) is 5.61. The first kappa shape index (κ1) is 22.3. The predicted molar refractivity (Wildman–Crippen MR) is 136 cm³/mol. The number of Topliss-reactive ketones (excluding diaryl/α,β-unsaturated/α-hetero) is 1. The molecule has 0 spiro atoms. The van der Waals surface area contributed by atoms with Crippen molar-refractivity contribution in [1.29, 1.82) is 0 Å². The van der Waals surface area contributed by atoms with E-state index in [1.807, 2.05) is 40.4 Å². The second-order valence-electron chi connectivity index (χ2n) is 9.91. The van der Waals surface area contributed by atoms with Gasteiger partial charge in [0, 0.05) is 49.5 Å². The highest BCUT2D eigenvalue weighted by molar-refractivity contribution is 5.94. The molecule has 2 aromatic heterocycles. The Morgan fingerprint density at radius 2 is 1.63 bits per heavy atom. The molecule has 0 unspecified atom stereocenters. The number of imidazole rings is 1. The molecular formula is C26H32N6O3. The molecule has 0 amide bonds. The van der Waals surface area contributed by atoms with Gasteiger partial charge in [0.25, 0.3) is 0 Å². The first-order valence-electron chi connectivity index (χ1n) is 12.5. The number of aromatic nitrogens is 3. The molecule has 3 fully saturated rings. The number of carbonyl (C=O) groups excluding carboxylic acids is 1. The summed E-state index contributed by atoms with van der Waals surface area (Å²) in [5, 5.41) is 3.32. The molecular weight excluding hydrogens is 444 g/mol. The van der Waals surface area contributed by atoms with Gasteiger partial charge >= 0.3 is 5.69 Å². The number of hydrogen-bond donors (Lipinski definition) is 1. The Balaban J connectivity index is 1.25. The fraction of sp³-hybridized carbons (Fsp3) is 0.500. The molecule has 184 valence electrons. The Hall–Kier alpha value is -3.17. The van der Waals surface area contributed by atoms with Crippen LogP contribution < -0.4 is 20.8 Å². The van der Waals surface area contributed by atoms with E-state index in [9.17, 15) is 9.59 Å². The average molecular weight is 477 g/mol. The van der Waals surface area contributed by atoms with Crippen LogP contribution in [0.5, 0.6) is 0 Å². The van der Waals surface area contributed by atoms with Gasteiger partial charge in [0.15, 0.2) is 11.4 Å². The highest BCUT2D eigenvalue weighted by atomic mass is 16.5. The van der Waals surface area contributed by atoms with Crippen molar-refractivity contribution in [3.8, 4) is 0 Å². The summed E-state index contributed by atoms with van der Waals surface area (Å²) in [5.74, 6) is 1.01. The van der Waals surface area contributed by atoms with Crippen LogP contribution >= 0.6 is 0 Å². The number of rotatable bonds is 6. The van der Waals surface area contributed by atoms with Gasteiger partial charge in [-0.1, -0.05) is 0 Å². The van der Waals surface area contributed by atoms with E-state index in [1.165, 1.54) is 0 Å². The third-order valence-corrected chi connectivity index (χ3v) is 7.85. The zero-order chi connectivity index (χ0) is 24.1. The van der Waals surface area contributed by atoms with Gasteiger partial charge in [-0.15, -0.1) is 0 Å². The van der Waals surface area contributed by atoms with Gasteiger partial charge in [0.05, 0.1) is 24.8 Å². The zero-order valence-corrected chi connectivity index (χ0v) is 20.3. The molecule has 4 heterocycles. The van der Waals surface area contributed by atoms with Crippen LogP contribution in [0.15, 0.2) is 41.2 Å². The van der Waals surface area contributed by atoms with E-state index in [0.717, 1.165) is 67.3 Å². The molecule has 1 aliphatic carbocycles. The summed E-state index contributed by atoms with van der Waals surface area (Å²) in [5.41, 5.74) is 3.61. The number of benzene rings is 1. The summed E-state index contributed by atoms with van der Waals surface area (Å²) >= 11 is 0. The Morgan fingerprint density at radius 1 is 0.943 bits per heavy atom. The molecule has 9 heteroatoms. The molecule has 0 bridgehead atoms. The van der Waals surface area contributed by atoms with Crippen LogP contribution in [-0.4, -0.2) is 72.4 Å². The third kappa shape index (κ3) is 3.83. The molecule has 2 aliphatic heterocycles. The summed E-state index contributed by atoms with van der Waals surface area (Å²) in [6, 6.07) is 12.7. The number of ketones is 1. The van der Waals surface area contributed by atoms with Crippen molar-refractivity contribution in [3.05, 3.63) is 52.4 Å². The van der Waals surface area contributed by atoms with E-state index in [1.54, 1.807) is 6.92 Å². The number of fused-ring (bicyclic) bond motifs is 1. The molecule has 1 N–H and O–H groups in total. The van der Waals surface area contributed by atoms with Gasteiger partial charge in [-0.3, -0.25) is 13.9 Å². The molecule has 0 atom stereocenters. The van der Waals surface area contributed by atoms with Crippen molar-refractivity contribution in [3.63, 3.8) is 0 Å². The van der Waals surface area contributed by atoms with Crippen molar-refractivity contribution in [2.75, 3.05) is 56.2 Å². The average Bonchev–Trinajstić information content (AvgIpc) is 3.09. The first-order chi connectivity index (χ1) is 17.0. The zero-order valence-electron chi connectivity index (χ0n) is 20.3. The number of carbonyl (C=O) groups is 1. The highest BCUT2D eigenvalue weighted by Crippen LogP contribution is 2.35. The molecule has 35 heavy (non-hydrogen) atoms. The minimum atomic E-state index is 0.0383. The van der Waals surface area contributed by atoms with Crippen molar-refractivity contribution in [2.45, 2.75) is 37.9 Å². The van der Waals surface area contributed by atoms with Crippen LogP contribution in [0.2, 0.25) is 0 Å². The van der Waals surface area contributed by atoms with Gasteiger partial charge in [-0.05, 0) is 63.2 Å². The second kappa shape index (κ2) is 8.80. The number of pyridine rings is 1. The fourth-order valence-electron chi connectivity index (χ4n) is 5.47. The van der Waals surface area contributed by atoms with Crippen LogP contribution in [0, 0.1) is 0 Å². The number of nitrogens with zero attached hydrogens (tertiary/aromatic N) is 5. The van der Waals surface area contributed by atoms with Crippen LogP contribution in [0.25, 0.3) is 11.2 Å². The van der Waals surface area contributed by atoms with E-state index in [4.69, 9.17) is 9.72 Å². The lowest BCUT2D eigenvalue weighted by molar-refractivity contribution is -0.0234. The summed E-state index contributed by atoms with van der Waals surface area (Å²) in [4.78, 5) is 34.7. The lowest BCUT2D eigenvalue weighted by Gasteiger charge is -2.37. The summed E-state index contributed by atoms with van der Waals surface area (Å²) in [6.45, 7) is 6.20. The van der Waals surface area contributed by atoms with E-state index >= 15 is 0 Å². The number of piperazine rings is 1. The van der Waals surface area contributed by atoms with Gasteiger partial charge in [-0.2, -0.15) is 0 Å². The van der Waals surface area contributed by atoms with Crippen molar-refractivity contribution in [1.82, 2.24) is 19.4 Å². The summed E-state index contributed by atoms with van der Waals surface area (Å²) in [6.07, 6.45) is 1.90. The molecule has 3 aromatic rings. The second-order valence-corrected chi connectivity index (χ2v) is 9.91. The van der Waals surface area contributed by atoms with Crippen LogP contribution in [0.3, 0.4) is 0 Å². The van der Waals surface area contributed by atoms with Crippen LogP contribution in [0.4, 0.5) is 11.5 Å². The summed E-state index contributed by atoms with van der Waals surface area (Å²) < 4.78 is 9.21. The molecule has 0 radical (unpaired) electrons. The first-order valence-corrected chi connectivity index (χ1v) is 12.5. The molecule has 3 aliphatic rings. The van der Waals surface area contributed by atoms with Crippen molar-refractivity contribution in [2.24, 2.45) is 0 Å². The smallest absolute Gasteiger partial charge is 0.331 e. The molecule has 6 rings (SSSR count). The monoisotopic (exact) mass is 476 g/mol. The Bertz CT molecular complexity index is 1300. The standard InChI is InChI=1S/C26H32N6O3/c1-17(33)18-3-5-20(6-4-18)29-9-11-30(12-10-29)24-8-7-23-25(28-24)32(21-13-19(14-21)27-2)26(34)31(23)22-15-35-16-22/h3-8,19,21-22,27H,9-16H2,1-2H3/t19-,21-. The van der Waals surface area contributed by atoms with Crippen molar-refractivity contribution >= 4 is 28.5 Å². The predicted octanol–water partition coefficient (Wildman–Crippen LogP) is 2.22. The maximum absolute atomic E-state index is 13.5. The van der Waals surface area contributed by atoms with E-state index in [2.05, 4.69) is 27.2 Å². The minimum absolute atomic E-state index is 0.0383. The van der Waals surface area contributed by atoms with Gasteiger partial charge in [0.2, 0.25) is 0 Å². The number of nitrogens with one attached hydrogen (secondary N) is 1. The van der Waals surface area contributed by atoms with E-state index in [-0.39, 0.29) is 23.6 Å². The summed E-state index contributed by atoms with van der Waals surface area (Å²) in [7, 11) is 1.98. The third-order valence-electron chi connectivity index (χ3n) is 7.85. The molecule has 2 saturated heterocycles. The van der Waals surface area contributed by atoms with Crippen LogP contribution in [0.1, 0.15) is 42.2 Å². The maximum Gasteiger partial charge on any atom is 0.331 e. The number of anilines is 2. The Morgan fingerprint density at radius 3 is 2.23 bits per heavy atom. The van der Waals surface area contributed by atoms with E-state index in [0.29, 0.717) is 19.3 Å². The molecule has 9 nitrogen and oxygen atoms in total. The lowest BCUT2D eigenvalue weighted by Crippen LogP contribution is -2.47. The maximum atomic E-state index is 13.5. The molecule has 1 saturated carbocycles. The minimum Gasteiger partial charge on any atom is -0.377 e. The number of ether oxygens (including phenoxy) is 1. The molecule has 1 aromatic carbocycles. The normalized spacial score (nSPS) is 22.8. The number of hydrogen-bond acceptors (Lipinski definition) is 7. The van der Waals surface area contributed by atoms with Crippen molar-refractivity contribution < 1.29 is 9.53 Å². The van der Waals surface area contributed by atoms with Gasteiger partial charge in [-0.25, -0.2) is 9.78 Å². The fourth-order valence-corrected chi connectivity index (χ4v) is 5.47. The largest absolute Gasteiger partial charge is 0.377 e. The highest BCUT2D eigenvalue weighted by Gasteiger charge is 2.35. The lowest BCUT2D eigenvalue weighted by atomic mass is 9.87. The van der Waals surface area contributed by atoms with Gasteiger partial charge in [0.1, 0.15) is 5.82 Å². The van der Waals surface area contributed by atoms with E-state index < -0.39 is 0 Å². The van der Waals surface area contributed by atoms with Crippen LogP contribution in [-0.2, 0) is 4.74 Å².